The summed E-state index contributed by atoms with van der Waals surface area (Å²) < 4.78 is 4.48. The predicted molar refractivity (Wildman–Crippen MR) is 56.5 cm³/mol. The van der Waals surface area contributed by atoms with Crippen molar-refractivity contribution in [1.82, 2.24) is 4.98 Å². The van der Waals surface area contributed by atoms with Gasteiger partial charge in [-0.05, 0) is 12.5 Å². The van der Waals surface area contributed by atoms with E-state index >= 15 is 0 Å². The van der Waals surface area contributed by atoms with Crippen LogP contribution in [0.1, 0.15) is 12.8 Å². The Morgan fingerprint density at radius 1 is 1.73 bits per heavy atom. The zero-order chi connectivity index (χ0) is 11.1. The number of aliphatic hydroxyl groups is 1. The maximum atomic E-state index is 10.8. The van der Waals surface area contributed by atoms with Crippen LogP contribution >= 0.6 is 0 Å². The van der Waals surface area contributed by atoms with Gasteiger partial charge < -0.3 is 20.1 Å². The van der Waals surface area contributed by atoms with E-state index in [0.717, 1.165) is 5.69 Å². The number of anilines is 1. The second-order valence-electron chi connectivity index (χ2n) is 3.25. The maximum absolute atomic E-state index is 10.8. The van der Waals surface area contributed by atoms with Crippen LogP contribution in [0.2, 0.25) is 0 Å². The summed E-state index contributed by atoms with van der Waals surface area (Å²) in [6, 6.07) is 1.87. The van der Waals surface area contributed by atoms with Crippen molar-refractivity contribution >= 4 is 11.7 Å². The average Bonchev–Trinajstić information content (AvgIpc) is 2.75. The van der Waals surface area contributed by atoms with Crippen molar-refractivity contribution in [2.45, 2.75) is 18.9 Å². The lowest BCUT2D eigenvalue weighted by Gasteiger charge is -2.10. The molecular weight excluding hydrogens is 196 g/mol. The highest BCUT2D eigenvalue weighted by atomic mass is 16.5. The van der Waals surface area contributed by atoms with Crippen LogP contribution in [0.25, 0.3) is 0 Å². The molecule has 0 amide bonds. The Kier molecular flexibility index (Phi) is 4.70. The molecule has 1 unspecified atom stereocenters. The van der Waals surface area contributed by atoms with E-state index < -0.39 is 6.10 Å². The molecule has 0 saturated carbocycles. The summed E-state index contributed by atoms with van der Waals surface area (Å²) in [5, 5.41) is 12.5. The van der Waals surface area contributed by atoms with Crippen LogP contribution in [-0.2, 0) is 9.53 Å². The molecule has 3 N–H and O–H groups in total. The van der Waals surface area contributed by atoms with Crippen LogP contribution in [0.3, 0.4) is 0 Å². The summed E-state index contributed by atoms with van der Waals surface area (Å²) in [4.78, 5) is 13.7. The average molecular weight is 212 g/mol. The molecule has 1 heterocycles. The fourth-order valence-corrected chi connectivity index (χ4v) is 1.16. The smallest absolute Gasteiger partial charge is 0.305 e. The number of nitrogens with one attached hydrogen (secondary N) is 2. The number of esters is 1. The molecule has 1 atom stereocenters. The van der Waals surface area contributed by atoms with Gasteiger partial charge in [-0.3, -0.25) is 4.79 Å². The third-order valence-corrected chi connectivity index (χ3v) is 2.05. The molecule has 5 nitrogen and oxygen atoms in total. The number of aliphatic hydroxyl groups excluding tert-OH is 1. The van der Waals surface area contributed by atoms with Crippen LogP contribution in [0.4, 0.5) is 5.69 Å². The molecule has 0 aliphatic carbocycles. The van der Waals surface area contributed by atoms with E-state index in [0.29, 0.717) is 13.0 Å². The molecule has 15 heavy (non-hydrogen) atoms. The Hall–Kier alpha value is -1.49. The first kappa shape index (κ1) is 11.6. The minimum absolute atomic E-state index is 0.243. The van der Waals surface area contributed by atoms with Crippen molar-refractivity contribution in [3.63, 3.8) is 0 Å². The largest absolute Gasteiger partial charge is 0.469 e. The highest BCUT2D eigenvalue weighted by Gasteiger charge is 2.07. The van der Waals surface area contributed by atoms with E-state index in [1.807, 2.05) is 6.07 Å². The quantitative estimate of drug-likeness (QED) is 0.608. The van der Waals surface area contributed by atoms with Gasteiger partial charge in [-0.2, -0.15) is 0 Å². The molecule has 0 saturated heterocycles. The molecule has 1 rings (SSSR count). The van der Waals surface area contributed by atoms with Crippen LogP contribution in [0, 0.1) is 0 Å². The number of carbonyl (C=O) groups is 1. The van der Waals surface area contributed by atoms with E-state index in [1.54, 1.807) is 12.4 Å². The van der Waals surface area contributed by atoms with Gasteiger partial charge in [0.2, 0.25) is 0 Å². The van der Waals surface area contributed by atoms with Crippen LogP contribution < -0.4 is 5.32 Å². The molecule has 84 valence electrons. The molecule has 0 aliphatic rings. The Labute approximate surface area is 88.4 Å². The van der Waals surface area contributed by atoms with Crippen LogP contribution in [0.5, 0.6) is 0 Å². The first-order valence-electron chi connectivity index (χ1n) is 4.84. The molecule has 0 bridgehead atoms. The Bertz CT molecular complexity index is 285. The first-order valence-corrected chi connectivity index (χ1v) is 4.84. The standard InChI is InChI=1S/C10H16N2O3/c1-15-10(14)3-2-9(13)7-12-8-4-5-11-6-8/h4-6,9,11-13H,2-3,7H2,1H3. The second-order valence-corrected chi connectivity index (χ2v) is 3.25. The van der Waals surface area contributed by atoms with Crippen molar-refractivity contribution in [1.29, 1.82) is 0 Å². The molecule has 0 fully saturated rings. The second kappa shape index (κ2) is 6.08. The van der Waals surface area contributed by atoms with Gasteiger partial charge in [0.25, 0.3) is 0 Å². The Morgan fingerprint density at radius 2 is 2.53 bits per heavy atom. The minimum Gasteiger partial charge on any atom is -0.469 e. The number of ether oxygens (including phenoxy) is 1. The number of methoxy groups -OCH3 is 1. The van der Waals surface area contributed by atoms with Gasteiger partial charge >= 0.3 is 5.97 Å². The van der Waals surface area contributed by atoms with Crippen molar-refractivity contribution < 1.29 is 14.6 Å². The monoisotopic (exact) mass is 212 g/mol. The molecular formula is C10H16N2O3. The number of hydrogen-bond donors (Lipinski definition) is 3. The van der Waals surface area contributed by atoms with Gasteiger partial charge in [0, 0.05) is 25.4 Å². The number of H-pyrrole nitrogens is 1. The molecule has 5 heteroatoms. The molecule has 1 aromatic heterocycles. The SMILES string of the molecule is COC(=O)CCC(O)CNc1cc[nH]c1. The van der Waals surface area contributed by atoms with Gasteiger partial charge in [-0.1, -0.05) is 0 Å². The van der Waals surface area contributed by atoms with Gasteiger partial charge in [-0.25, -0.2) is 0 Å². The molecule has 0 spiro atoms. The van der Waals surface area contributed by atoms with E-state index in [4.69, 9.17) is 0 Å². The highest BCUT2D eigenvalue weighted by Crippen LogP contribution is 2.05. The third-order valence-electron chi connectivity index (χ3n) is 2.05. The summed E-state index contributed by atoms with van der Waals surface area (Å²) in [6.07, 6.45) is 3.70. The molecule has 1 aromatic rings. The number of rotatable bonds is 6. The predicted octanol–water partition coefficient (Wildman–Crippen LogP) is 0.741. The van der Waals surface area contributed by atoms with Gasteiger partial charge in [-0.15, -0.1) is 0 Å². The van der Waals surface area contributed by atoms with Gasteiger partial charge in [0.05, 0.1) is 18.9 Å². The highest BCUT2D eigenvalue weighted by molar-refractivity contribution is 5.69. The summed E-state index contributed by atoms with van der Waals surface area (Å²) in [5.41, 5.74) is 0.923. The zero-order valence-electron chi connectivity index (χ0n) is 8.69. The number of aromatic nitrogens is 1. The fourth-order valence-electron chi connectivity index (χ4n) is 1.16. The lowest BCUT2D eigenvalue weighted by Crippen LogP contribution is -2.20. The van der Waals surface area contributed by atoms with Crippen molar-refractivity contribution in [2.24, 2.45) is 0 Å². The number of aromatic amines is 1. The fraction of sp³-hybridized carbons (Fsp3) is 0.500. The summed E-state index contributed by atoms with van der Waals surface area (Å²) in [6.45, 7) is 0.425. The molecule has 0 aromatic carbocycles. The van der Waals surface area contributed by atoms with Crippen LogP contribution in [-0.4, -0.2) is 35.8 Å². The number of carbonyl (C=O) groups excluding carboxylic acids is 1. The Balaban J connectivity index is 2.13. The third kappa shape index (κ3) is 4.51. The summed E-state index contributed by atoms with van der Waals surface area (Å²) >= 11 is 0. The summed E-state index contributed by atoms with van der Waals surface area (Å²) in [5.74, 6) is -0.296. The van der Waals surface area contributed by atoms with Gasteiger partial charge in [0.15, 0.2) is 0 Å². The number of hydrogen-bond acceptors (Lipinski definition) is 4. The van der Waals surface area contributed by atoms with E-state index in [1.165, 1.54) is 7.11 Å². The molecule has 0 aliphatic heterocycles. The van der Waals surface area contributed by atoms with E-state index in [2.05, 4.69) is 15.0 Å². The minimum atomic E-state index is -0.543. The summed E-state index contributed by atoms with van der Waals surface area (Å²) in [7, 11) is 1.34. The lowest BCUT2D eigenvalue weighted by molar-refractivity contribution is -0.141. The molecule has 0 radical (unpaired) electrons. The Morgan fingerprint density at radius 3 is 3.13 bits per heavy atom. The van der Waals surface area contributed by atoms with Crippen molar-refractivity contribution in [3.05, 3.63) is 18.5 Å². The zero-order valence-corrected chi connectivity index (χ0v) is 8.69. The van der Waals surface area contributed by atoms with Crippen LogP contribution in [0.15, 0.2) is 18.5 Å². The van der Waals surface area contributed by atoms with E-state index in [9.17, 15) is 9.90 Å². The normalized spacial score (nSPS) is 12.1. The van der Waals surface area contributed by atoms with Crippen molar-refractivity contribution in [3.8, 4) is 0 Å². The topological polar surface area (TPSA) is 74.3 Å². The maximum Gasteiger partial charge on any atom is 0.305 e. The van der Waals surface area contributed by atoms with E-state index in [-0.39, 0.29) is 12.4 Å². The van der Waals surface area contributed by atoms with Crippen molar-refractivity contribution in [2.75, 3.05) is 19.0 Å². The van der Waals surface area contributed by atoms with Gasteiger partial charge in [0.1, 0.15) is 0 Å². The lowest BCUT2D eigenvalue weighted by atomic mass is 10.2. The first-order chi connectivity index (χ1) is 7.22.